The largest absolute Gasteiger partial charge is 0.155 e. The van der Waals surface area contributed by atoms with Gasteiger partial charge < -0.3 is 0 Å². The van der Waals surface area contributed by atoms with E-state index in [0.29, 0.717) is 5.41 Å². The highest BCUT2D eigenvalue weighted by atomic mass is 32.2. The first-order chi connectivity index (χ1) is 6.26. The molecule has 0 radical (unpaired) electrons. The Bertz CT molecular complexity index is 144. The van der Waals surface area contributed by atoms with Crippen LogP contribution < -0.4 is 0 Å². The lowest BCUT2D eigenvalue weighted by Crippen LogP contribution is -2.22. The maximum atomic E-state index is 2.39. The number of rotatable bonds is 5. The van der Waals surface area contributed by atoms with E-state index in [0.717, 1.165) is 16.4 Å². The van der Waals surface area contributed by atoms with Crippen LogP contribution in [0.25, 0.3) is 0 Å². The Kier molecular flexibility index (Phi) is 6.20. The average Bonchev–Trinajstić information content (AvgIpc) is 1.98. The molecule has 0 spiro atoms. The minimum absolute atomic E-state index is 0.468. The SMILES string of the molecule is CCC(C)C(CC(C)(C)C)SC(C)C. The average molecular weight is 216 g/mol. The molecule has 0 N–H and O–H groups in total. The van der Waals surface area contributed by atoms with Crippen molar-refractivity contribution in [3.63, 3.8) is 0 Å². The zero-order valence-electron chi connectivity index (χ0n) is 11.1. The molecule has 0 amide bonds. The van der Waals surface area contributed by atoms with Gasteiger partial charge in [-0.25, -0.2) is 0 Å². The molecule has 0 nitrogen and oxygen atoms in total. The Morgan fingerprint density at radius 1 is 1.07 bits per heavy atom. The van der Waals surface area contributed by atoms with Gasteiger partial charge in [0.05, 0.1) is 0 Å². The van der Waals surface area contributed by atoms with E-state index in [1.54, 1.807) is 0 Å². The number of hydrogen-bond donors (Lipinski definition) is 0. The standard InChI is InChI=1S/C13H28S/c1-8-11(4)12(14-10(2)3)9-13(5,6)7/h10-12H,8-9H2,1-7H3. The lowest BCUT2D eigenvalue weighted by molar-refractivity contribution is 0.335. The normalized spacial score (nSPS) is 17.1. The van der Waals surface area contributed by atoms with Gasteiger partial charge in [-0.15, -0.1) is 0 Å². The summed E-state index contributed by atoms with van der Waals surface area (Å²) in [6.07, 6.45) is 2.64. The maximum Gasteiger partial charge on any atom is 0.00801 e. The first-order valence-electron chi connectivity index (χ1n) is 5.91. The third-order valence-electron chi connectivity index (χ3n) is 2.54. The molecule has 0 aromatic heterocycles. The second-order valence-corrected chi connectivity index (χ2v) is 7.69. The molecule has 0 bridgehead atoms. The van der Waals surface area contributed by atoms with Gasteiger partial charge >= 0.3 is 0 Å². The topological polar surface area (TPSA) is 0 Å². The molecule has 0 aromatic rings. The molecule has 0 saturated heterocycles. The predicted molar refractivity (Wildman–Crippen MR) is 70.0 cm³/mol. The summed E-state index contributed by atoms with van der Waals surface area (Å²) in [6.45, 7) is 16.4. The summed E-state index contributed by atoms with van der Waals surface area (Å²) in [7, 11) is 0. The van der Waals surface area contributed by atoms with E-state index in [9.17, 15) is 0 Å². The van der Waals surface area contributed by atoms with Crippen LogP contribution in [0.1, 0.15) is 61.3 Å². The first kappa shape index (κ1) is 14.3. The molecular weight excluding hydrogens is 188 g/mol. The molecule has 0 aliphatic heterocycles. The van der Waals surface area contributed by atoms with Gasteiger partial charge in [-0.1, -0.05) is 54.9 Å². The summed E-state index contributed by atoms with van der Waals surface area (Å²) in [6, 6.07) is 0. The second-order valence-electron chi connectivity index (χ2n) is 5.87. The van der Waals surface area contributed by atoms with Crippen LogP contribution in [0.3, 0.4) is 0 Å². The second kappa shape index (κ2) is 6.05. The van der Waals surface area contributed by atoms with Crippen LogP contribution in [0.5, 0.6) is 0 Å². The minimum Gasteiger partial charge on any atom is -0.155 e. The summed E-state index contributed by atoms with van der Waals surface area (Å²) in [5.41, 5.74) is 0.468. The van der Waals surface area contributed by atoms with E-state index in [1.165, 1.54) is 12.8 Å². The Balaban J connectivity index is 4.25. The molecule has 2 unspecified atom stereocenters. The van der Waals surface area contributed by atoms with Crippen LogP contribution in [0.15, 0.2) is 0 Å². The van der Waals surface area contributed by atoms with Gasteiger partial charge in [-0.3, -0.25) is 0 Å². The van der Waals surface area contributed by atoms with Gasteiger partial charge in [0.2, 0.25) is 0 Å². The number of hydrogen-bond acceptors (Lipinski definition) is 1. The third-order valence-corrected chi connectivity index (χ3v) is 4.06. The van der Waals surface area contributed by atoms with E-state index in [-0.39, 0.29) is 0 Å². The van der Waals surface area contributed by atoms with Crippen molar-refractivity contribution < 1.29 is 0 Å². The molecule has 14 heavy (non-hydrogen) atoms. The molecule has 1 heteroatoms. The summed E-state index contributed by atoms with van der Waals surface area (Å²) < 4.78 is 0. The molecule has 0 saturated carbocycles. The molecule has 2 atom stereocenters. The van der Waals surface area contributed by atoms with Crippen LogP contribution in [0, 0.1) is 11.3 Å². The highest BCUT2D eigenvalue weighted by Gasteiger charge is 2.23. The molecular formula is C13H28S. The molecule has 0 rings (SSSR count). The van der Waals surface area contributed by atoms with Crippen molar-refractivity contribution >= 4 is 11.8 Å². The Morgan fingerprint density at radius 2 is 1.57 bits per heavy atom. The van der Waals surface area contributed by atoms with E-state index in [1.807, 2.05) is 0 Å². The maximum absolute atomic E-state index is 2.39. The lowest BCUT2D eigenvalue weighted by atomic mass is 9.86. The number of thioether (sulfide) groups is 1. The van der Waals surface area contributed by atoms with Gasteiger partial charge in [0.15, 0.2) is 0 Å². The molecule has 0 heterocycles. The summed E-state index contributed by atoms with van der Waals surface area (Å²) in [5.74, 6) is 0.849. The van der Waals surface area contributed by atoms with Crippen LogP contribution in [-0.4, -0.2) is 10.5 Å². The smallest absolute Gasteiger partial charge is 0.00801 e. The highest BCUT2D eigenvalue weighted by molar-refractivity contribution is 8.00. The molecule has 0 aromatic carbocycles. The van der Waals surface area contributed by atoms with Gasteiger partial charge in [-0.05, 0) is 23.0 Å². The van der Waals surface area contributed by atoms with Crippen molar-refractivity contribution in [2.45, 2.75) is 71.8 Å². The van der Waals surface area contributed by atoms with Crippen molar-refractivity contribution in [1.82, 2.24) is 0 Å². The minimum atomic E-state index is 0.468. The third kappa shape index (κ3) is 6.75. The Labute approximate surface area is 95.2 Å². The summed E-state index contributed by atoms with van der Waals surface area (Å²) >= 11 is 2.16. The van der Waals surface area contributed by atoms with Crippen molar-refractivity contribution in [2.24, 2.45) is 11.3 Å². The van der Waals surface area contributed by atoms with Crippen LogP contribution in [0.2, 0.25) is 0 Å². The highest BCUT2D eigenvalue weighted by Crippen LogP contribution is 2.35. The van der Waals surface area contributed by atoms with Crippen molar-refractivity contribution in [1.29, 1.82) is 0 Å². The van der Waals surface area contributed by atoms with Crippen molar-refractivity contribution in [2.75, 3.05) is 0 Å². The molecule has 0 aliphatic carbocycles. The fourth-order valence-corrected chi connectivity index (χ4v) is 3.36. The van der Waals surface area contributed by atoms with E-state index >= 15 is 0 Å². The van der Waals surface area contributed by atoms with Gasteiger partial charge in [0.1, 0.15) is 0 Å². The zero-order chi connectivity index (χ0) is 11.4. The van der Waals surface area contributed by atoms with Gasteiger partial charge in [0.25, 0.3) is 0 Å². The van der Waals surface area contributed by atoms with E-state index < -0.39 is 0 Å². The summed E-state index contributed by atoms with van der Waals surface area (Å²) in [5, 5.41) is 1.59. The van der Waals surface area contributed by atoms with Gasteiger partial charge in [-0.2, -0.15) is 11.8 Å². The van der Waals surface area contributed by atoms with Gasteiger partial charge in [0, 0.05) is 5.25 Å². The molecule has 86 valence electrons. The fourth-order valence-electron chi connectivity index (χ4n) is 1.60. The Morgan fingerprint density at radius 3 is 1.86 bits per heavy atom. The van der Waals surface area contributed by atoms with Crippen molar-refractivity contribution in [3.8, 4) is 0 Å². The van der Waals surface area contributed by atoms with Crippen LogP contribution in [0.4, 0.5) is 0 Å². The predicted octanol–water partition coefficient (Wildman–Crippen LogP) is 4.98. The monoisotopic (exact) mass is 216 g/mol. The fraction of sp³-hybridized carbons (Fsp3) is 1.00. The van der Waals surface area contributed by atoms with Crippen LogP contribution >= 0.6 is 11.8 Å². The lowest BCUT2D eigenvalue weighted by Gasteiger charge is -2.30. The van der Waals surface area contributed by atoms with Crippen LogP contribution in [-0.2, 0) is 0 Å². The van der Waals surface area contributed by atoms with E-state index in [2.05, 4.69) is 60.2 Å². The Hall–Kier alpha value is 0.350. The molecule has 0 aliphatic rings. The quantitative estimate of drug-likeness (QED) is 0.624. The zero-order valence-corrected chi connectivity index (χ0v) is 11.9. The first-order valence-corrected chi connectivity index (χ1v) is 6.86. The molecule has 0 fully saturated rings. The summed E-state index contributed by atoms with van der Waals surface area (Å²) in [4.78, 5) is 0. The van der Waals surface area contributed by atoms with E-state index in [4.69, 9.17) is 0 Å². The van der Waals surface area contributed by atoms with Crippen molar-refractivity contribution in [3.05, 3.63) is 0 Å².